The summed E-state index contributed by atoms with van der Waals surface area (Å²) in [7, 11) is 3.72. The van der Waals surface area contributed by atoms with Crippen LogP contribution in [0.25, 0.3) is 11.0 Å². The Labute approximate surface area is 173 Å². The number of nitrogens with zero attached hydrogens (tertiary/aromatic N) is 3. The third kappa shape index (κ3) is 2.87. The van der Waals surface area contributed by atoms with E-state index in [9.17, 15) is 14.4 Å². The van der Waals surface area contributed by atoms with E-state index in [0.29, 0.717) is 22.6 Å². The summed E-state index contributed by atoms with van der Waals surface area (Å²) in [4.78, 5) is 37.7. The molecule has 0 spiro atoms. The SMILES string of the molecule is C#CCNC(=O)C(=O)c1c(C)c(C(=O)Nc2ccc3c(c2)n2c([n+]3C)C2)n(C)c1C. The van der Waals surface area contributed by atoms with Crippen LogP contribution in [0.2, 0.25) is 0 Å². The molecule has 4 rings (SSSR count). The van der Waals surface area contributed by atoms with Gasteiger partial charge in [-0.1, -0.05) is 5.92 Å². The van der Waals surface area contributed by atoms with Gasteiger partial charge in [-0.05, 0) is 31.5 Å². The van der Waals surface area contributed by atoms with Crippen LogP contribution in [0.3, 0.4) is 0 Å². The van der Waals surface area contributed by atoms with Gasteiger partial charge in [-0.2, -0.15) is 0 Å². The van der Waals surface area contributed by atoms with E-state index in [2.05, 4.69) is 25.7 Å². The highest BCUT2D eigenvalue weighted by molar-refractivity contribution is 6.43. The maximum Gasteiger partial charge on any atom is 0.300 e. The molecular formula is C22H22N5O3+. The molecule has 0 saturated heterocycles. The lowest BCUT2D eigenvalue weighted by molar-refractivity contribution is -0.646. The lowest BCUT2D eigenvalue weighted by Crippen LogP contribution is -2.31. The van der Waals surface area contributed by atoms with Gasteiger partial charge in [0.1, 0.15) is 5.69 Å². The first-order valence-corrected chi connectivity index (χ1v) is 9.50. The number of aryl methyl sites for hydroxylation is 1. The molecule has 152 valence electrons. The molecule has 0 atom stereocenters. The highest BCUT2D eigenvalue weighted by Crippen LogP contribution is 2.28. The van der Waals surface area contributed by atoms with Gasteiger partial charge in [-0.15, -0.1) is 6.42 Å². The van der Waals surface area contributed by atoms with Crippen molar-refractivity contribution in [1.29, 1.82) is 0 Å². The molecule has 1 aliphatic rings. The van der Waals surface area contributed by atoms with Gasteiger partial charge in [-0.3, -0.25) is 14.4 Å². The highest BCUT2D eigenvalue weighted by atomic mass is 16.2. The van der Waals surface area contributed by atoms with Crippen LogP contribution in [-0.4, -0.2) is 33.3 Å². The number of carbonyl (C=O) groups excluding carboxylic acids is 3. The first kappa shape index (κ1) is 19.5. The Bertz CT molecular complexity index is 1300. The Morgan fingerprint density at radius 2 is 2.00 bits per heavy atom. The number of anilines is 1. The van der Waals surface area contributed by atoms with E-state index in [0.717, 1.165) is 17.6 Å². The van der Waals surface area contributed by atoms with Gasteiger partial charge in [0.25, 0.3) is 17.6 Å². The van der Waals surface area contributed by atoms with Crippen molar-refractivity contribution in [3.63, 3.8) is 0 Å². The lowest BCUT2D eigenvalue weighted by atomic mass is 10.0. The number of amides is 2. The fraction of sp³-hybridized carbons (Fsp3) is 0.273. The average Bonchev–Trinajstić information content (AvgIpc) is 3.42. The highest BCUT2D eigenvalue weighted by Gasteiger charge is 2.36. The summed E-state index contributed by atoms with van der Waals surface area (Å²) in [5.74, 6) is 1.67. The Hall–Kier alpha value is -3.86. The van der Waals surface area contributed by atoms with E-state index in [4.69, 9.17) is 6.42 Å². The van der Waals surface area contributed by atoms with Crippen LogP contribution < -0.4 is 15.2 Å². The van der Waals surface area contributed by atoms with Gasteiger partial charge in [0.2, 0.25) is 0 Å². The maximum atomic E-state index is 13.0. The largest absolute Gasteiger partial charge is 0.343 e. The summed E-state index contributed by atoms with van der Waals surface area (Å²) < 4.78 is 5.94. The summed E-state index contributed by atoms with van der Waals surface area (Å²) in [6.07, 6.45) is 5.13. The Kier molecular flexibility index (Phi) is 4.46. The molecule has 1 aromatic carbocycles. The number of Topliss-reactive ketones (excluding diaryl/α,β-unsaturated/α-hetero) is 1. The fourth-order valence-corrected chi connectivity index (χ4v) is 4.01. The van der Waals surface area contributed by atoms with Gasteiger partial charge >= 0.3 is 5.82 Å². The standard InChI is InChI=1S/C22H21N5O3/c1-6-9-23-22(30)20(28)18-12(2)19(25(4)13(18)3)21(29)24-14-7-8-15-16(10-14)27-11-17(27)26(15)5/h1,7-8,10H,9,11H2,2-5H3,(H-,23,24,29,30)/p+1. The average molecular weight is 404 g/mol. The normalized spacial score (nSPS) is 11.7. The number of nitrogens with one attached hydrogen (secondary N) is 2. The zero-order chi connectivity index (χ0) is 21.7. The predicted octanol–water partition coefficient (Wildman–Crippen LogP) is 0.967. The number of ketones is 1. The monoisotopic (exact) mass is 404 g/mol. The van der Waals surface area contributed by atoms with Gasteiger partial charge in [-0.25, -0.2) is 9.13 Å². The van der Waals surface area contributed by atoms with Crippen molar-refractivity contribution in [2.45, 2.75) is 20.4 Å². The van der Waals surface area contributed by atoms with Crippen LogP contribution in [0, 0.1) is 26.2 Å². The van der Waals surface area contributed by atoms with Gasteiger partial charge in [0.15, 0.2) is 17.6 Å². The number of terminal acetylenes is 1. The Morgan fingerprint density at radius 1 is 1.27 bits per heavy atom. The molecule has 2 aromatic heterocycles. The molecule has 30 heavy (non-hydrogen) atoms. The molecule has 0 aliphatic carbocycles. The van der Waals surface area contributed by atoms with Crippen LogP contribution in [0.5, 0.6) is 0 Å². The van der Waals surface area contributed by atoms with Crippen LogP contribution in [0.4, 0.5) is 5.69 Å². The van der Waals surface area contributed by atoms with Crippen molar-refractivity contribution in [1.82, 2.24) is 14.5 Å². The number of hydrogen-bond acceptors (Lipinski definition) is 3. The van der Waals surface area contributed by atoms with E-state index < -0.39 is 11.7 Å². The summed E-state index contributed by atoms with van der Waals surface area (Å²) in [6.45, 7) is 4.24. The molecular weight excluding hydrogens is 382 g/mol. The number of hydrogen-bond donors (Lipinski definition) is 2. The minimum Gasteiger partial charge on any atom is -0.343 e. The summed E-state index contributed by atoms with van der Waals surface area (Å²) in [5.41, 5.74) is 4.37. The number of carbonyl (C=O) groups is 3. The van der Waals surface area contributed by atoms with E-state index in [1.165, 1.54) is 5.82 Å². The third-order valence-corrected chi connectivity index (χ3v) is 5.71. The van der Waals surface area contributed by atoms with Crippen LogP contribution >= 0.6 is 0 Å². The van der Waals surface area contributed by atoms with Crippen LogP contribution in [0.1, 0.15) is 37.9 Å². The number of fused-ring (bicyclic) bond motifs is 3. The fourth-order valence-electron chi connectivity index (χ4n) is 4.01. The first-order valence-electron chi connectivity index (χ1n) is 9.50. The molecule has 3 aromatic rings. The second-order valence-electron chi connectivity index (χ2n) is 7.43. The van der Waals surface area contributed by atoms with Gasteiger partial charge in [0.05, 0.1) is 19.2 Å². The number of imidazole rings is 1. The van der Waals surface area contributed by atoms with Crippen molar-refractivity contribution in [3.8, 4) is 12.3 Å². The second-order valence-corrected chi connectivity index (χ2v) is 7.43. The zero-order valence-electron chi connectivity index (χ0n) is 17.3. The molecule has 0 bridgehead atoms. The van der Waals surface area contributed by atoms with Gasteiger partial charge < -0.3 is 15.2 Å². The number of rotatable bonds is 5. The Morgan fingerprint density at radius 3 is 2.70 bits per heavy atom. The summed E-state index contributed by atoms with van der Waals surface area (Å²) in [5, 5.41) is 5.29. The minimum absolute atomic E-state index is 0.0352. The molecule has 0 unspecified atom stereocenters. The van der Waals surface area contributed by atoms with Crippen molar-refractivity contribution in [2.75, 3.05) is 11.9 Å². The smallest absolute Gasteiger partial charge is 0.300 e. The minimum atomic E-state index is -0.787. The zero-order valence-corrected chi connectivity index (χ0v) is 17.3. The Balaban J connectivity index is 1.63. The first-order chi connectivity index (χ1) is 14.3. The summed E-state index contributed by atoms with van der Waals surface area (Å²) in [6, 6.07) is 5.76. The third-order valence-electron chi connectivity index (χ3n) is 5.71. The van der Waals surface area contributed by atoms with Gasteiger partial charge in [0, 0.05) is 24.5 Å². The lowest BCUT2D eigenvalue weighted by Gasteiger charge is -2.08. The molecule has 8 heteroatoms. The van der Waals surface area contributed by atoms with E-state index in [1.807, 2.05) is 25.2 Å². The second kappa shape index (κ2) is 6.88. The molecule has 0 saturated carbocycles. The topological polar surface area (TPSA) is 89.0 Å². The maximum absolute atomic E-state index is 13.0. The van der Waals surface area contributed by atoms with E-state index in [-0.39, 0.29) is 18.0 Å². The van der Waals surface area contributed by atoms with Crippen molar-refractivity contribution in [3.05, 3.63) is 46.5 Å². The molecule has 1 aliphatic heterocycles. The van der Waals surface area contributed by atoms with Crippen molar-refractivity contribution >= 4 is 34.3 Å². The van der Waals surface area contributed by atoms with E-state index >= 15 is 0 Å². The van der Waals surface area contributed by atoms with Crippen LogP contribution in [0.15, 0.2) is 18.2 Å². The predicted molar refractivity (Wildman–Crippen MR) is 111 cm³/mol. The molecule has 8 nitrogen and oxygen atoms in total. The molecule has 2 amide bonds. The molecule has 2 N–H and O–H groups in total. The molecule has 3 heterocycles. The molecule has 0 fully saturated rings. The van der Waals surface area contributed by atoms with Crippen molar-refractivity contribution in [2.24, 2.45) is 14.1 Å². The molecule has 0 radical (unpaired) electrons. The number of aromatic nitrogens is 3. The summed E-state index contributed by atoms with van der Waals surface area (Å²) >= 11 is 0. The van der Waals surface area contributed by atoms with E-state index in [1.54, 1.807) is 25.5 Å². The van der Waals surface area contributed by atoms with Crippen molar-refractivity contribution < 1.29 is 19.0 Å². The van der Waals surface area contributed by atoms with Crippen LogP contribution in [-0.2, 0) is 25.4 Å². The number of benzene rings is 1. The quantitative estimate of drug-likeness (QED) is 0.225.